The molecule has 2 saturated carbocycles. The summed E-state index contributed by atoms with van der Waals surface area (Å²) in [4.78, 5) is 0. The van der Waals surface area contributed by atoms with Gasteiger partial charge in [-0.15, -0.1) is 0 Å². The third-order valence-electron chi connectivity index (χ3n) is 11.3. The summed E-state index contributed by atoms with van der Waals surface area (Å²) in [5, 5.41) is 20.3. The van der Waals surface area contributed by atoms with Gasteiger partial charge in [-0.25, -0.2) is 0 Å². The topological polar surface area (TPSA) is 111 Å². The van der Waals surface area contributed by atoms with Gasteiger partial charge in [0.2, 0.25) is 0 Å². The third-order valence-corrected chi connectivity index (χ3v) is 11.3. The van der Waals surface area contributed by atoms with Crippen molar-refractivity contribution in [2.75, 3.05) is 11.5 Å². The lowest BCUT2D eigenvalue weighted by molar-refractivity contribution is 0.455. The molecule has 0 aromatic heterocycles. The van der Waals surface area contributed by atoms with E-state index in [4.69, 9.17) is 20.9 Å². The zero-order chi connectivity index (χ0) is 36.2. The minimum absolute atomic E-state index is 0.0310. The predicted molar refractivity (Wildman–Crippen MR) is 211 cm³/mol. The Morgan fingerprint density at radius 3 is 1.27 bits per heavy atom. The number of hydrogen-bond donors (Lipinski definition) is 4. The maximum atomic E-state index is 10.1. The Labute approximate surface area is 308 Å². The molecule has 2 aliphatic rings. The van der Waals surface area contributed by atoms with Crippen LogP contribution in [0.15, 0.2) is 97.1 Å². The van der Waals surface area contributed by atoms with E-state index in [-0.39, 0.29) is 11.5 Å². The molecule has 0 saturated heterocycles. The van der Waals surface area contributed by atoms with Gasteiger partial charge in [-0.3, -0.25) is 0 Å². The summed E-state index contributed by atoms with van der Waals surface area (Å²) < 4.78 is 12.6. The molecule has 2 atom stereocenters. The van der Waals surface area contributed by atoms with E-state index in [1.807, 2.05) is 0 Å². The van der Waals surface area contributed by atoms with Crippen LogP contribution >= 0.6 is 0 Å². The van der Waals surface area contributed by atoms with E-state index in [1.54, 1.807) is 36.4 Å². The van der Waals surface area contributed by atoms with Crippen molar-refractivity contribution in [3.63, 3.8) is 0 Å². The van der Waals surface area contributed by atoms with Crippen LogP contribution in [0.2, 0.25) is 0 Å². The molecular weight excluding hydrogens is 645 g/mol. The Hall–Kier alpha value is -5.10. The van der Waals surface area contributed by atoms with Crippen molar-refractivity contribution in [1.29, 1.82) is 0 Å². The molecular formula is C46H52N2O4. The highest BCUT2D eigenvalue weighted by Gasteiger charge is 2.22. The second-order valence-electron chi connectivity index (χ2n) is 15.3. The van der Waals surface area contributed by atoms with Gasteiger partial charge in [-0.05, 0) is 144 Å². The summed E-state index contributed by atoms with van der Waals surface area (Å²) in [5.74, 6) is 4.54. The molecule has 2 fully saturated rings. The SMILES string of the molecule is CC(Cc1ccc(CC(C)c2cc(Oc3ccc(N)c(O)c3)cc(C3CCCC3)c2)cc1)c1cc(Oc2ccc(N)c(O)c2)cc(C2CCCC2)c1. The maximum Gasteiger partial charge on any atom is 0.142 e. The average Bonchev–Trinajstić information content (AvgIpc) is 3.88. The molecule has 0 radical (unpaired) electrons. The van der Waals surface area contributed by atoms with E-state index in [9.17, 15) is 10.2 Å². The van der Waals surface area contributed by atoms with Gasteiger partial charge in [0.25, 0.3) is 0 Å². The summed E-state index contributed by atoms with van der Waals surface area (Å²) in [5.41, 5.74) is 20.2. The van der Waals surface area contributed by atoms with Gasteiger partial charge < -0.3 is 31.2 Å². The third kappa shape index (κ3) is 8.50. The molecule has 2 aliphatic carbocycles. The fraction of sp³-hybridized carbons (Fsp3) is 0.348. The van der Waals surface area contributed by atoms with Crippen molar-refractivity contribution < 1.29 is 19.7 Å². The number of aromatic hydroxyl groups is 2. The molecule has 2 unspecified atom stereocenters. The number of nitrogen functional groups attached to an aromatic ring is 2. The predicted octanol–water partition coefficient (Wildman–Crippen LogP) is 11.9. The smallest absolute Gasteiger partial charge is 0.142 e. The van der Waals surface area contributed by atoms with E-state index in [0.717, 1.165) is 24.3 Å². The van der Waals surface area contributed by atoms with Crippen molar-refractivity contribution in [1.82, 2.24) is 0 Å². The lowest BCUT2D eigenvalue weighted by Gasteiger charge is -2.20. The van der Waals surface area contributed by atoms with Crippen LogP contribution in [-0.4, -0.2) is 10.2 Å². The van der Waals surface area contributed by atoms with Crippen LogP contribution in [0.25, 0.3) is 0 Å². The number of rotatable bonds is 12. The lowest BCUT2D eigenvalue weighted by Crippen LogP contribution is -2.04. The summed E-state index contributed by atoms with van der Waals surface area (Å²) in [6.07, 6.45) is 11.8. The van der Waals surface area contributed by atoms with E-state index < -0.39 is 0 Å². The van der Waals surface area contributed by atoms with Gasteiger partial charge >= 0.3 is 0 Å². The maximum absolute atomic E-state index is 10.1. The Bertz CT molecular complexity index is 1850. The van der Waals surface area contributed by atoms with E-state index in [2.05, 4.69) is 74.5 Å². The molecule has 270 valence electrons. The molecule has 0 amide bonds. The first-order chi connectivity index (χ1) is 25.2. The normalized spacial score (nSPS) is 16.2. The van der Waals surface area contributed by atoms with Crippen LogP contribution < -0.4 is 20.9 Å². The van der Waals surface area contributed by atoms with Gasteiger partial charge in [0.05, 0.1) is 11.4 Å². The Kier molecular flexibility index (Phi) is 10.6. The van der Waals surface area contributed by atoms with Crippen LogP contribution in [0.3, 0.4) is 0 Å². The van der Waals surface area contributed by atoms with Crippen LogP contribution in [0, 0.1) is 0 Å². The Balaban J connectivity index is 1.05. The first kappa shape index (κ1) is 35.3. The summed E-state index contributed by atoms with van der Waals surface area (Å²) in [6.45, 7) is 4.59. The van der Waals surface area contributed by atoms with Crippen LogP contribution in [0.5, 0.6) is 34.5 Å². The monoisotopic (exact) mass is 696 g/mol. The average molecular weight is 697 g/mol. The molecule has 5 aromatic carbocycles. The van der Waals surface area contributed by atoms with Crippen LogP contribution in [0.1, 0.15) is 122 Å². The van der Waals surface area contributed by atoms with Gasteiger partial charge in [0.1, 0.15) is 34.5 Å². The fourth-order valence-corrected chi connectivity index (χ4v) is 8.17. The number of anilines is 2. The van der Waals surface area contributed by atoms with E-state index in [1.165, 1.54) is 84.7 Å². The zero-order valence-electron chi connectivity index (χ0n) is 30.5. The summed E-state index contributed by atoms with van der Waals surface area (Å²) in [6, 6.07) is 32.7. The standard InChI is InChI=1S/C46H52N2O4/c1-29(35-21-37(33-7-3-4-8-33)25-41(23-35)51-39-15-17-43(47)45(49)27-39)19-31-11-13-32(14-12-31)20-30(2)36-22-38(34-9-5-6-10-34)26-42(24-36)52-40-16-18-44(48)46(50)28-40/h11-18,21-30,33-34,49-50H,3-10,19-20,47-48H2,1-2H3. The van der Waals surface area contributed by atoms with Gasteiger partial charge in [0.15, 0.2) is 0 Å². The minimum Gasteiger partial charge on any atom is -0.506 e. The Morgan fingerprint density at radius 1 is 0.519 bits per heavy atom. The van der Waals surface area contributed by atoms with E-state index in [0.29, 0.717) is 46.5 Å². The molecule has 6 N–H and O–H groups in total. The van der Waals surface area contributed by atoms with Crippen molar-refractivity contribution in [2.45, 2.75) is 102 Å². The number of hydrogen-bond acceptors (Lipinski definition) is 6. The van der Waals surface area contributed by atoms with Gasteiger partial charge in [-0.2, -0.15) is 0 Å². The summed E-state index contributed by atoms with van der Waals surface area (Å²) >= 11 is 0. The zero-order valence-corrected chi connectivity index (χ0v) is 30.5. The van der Waals surface area contributed by atoms with Crippen molar-refractivity contribution in [2.24, 2.45) is 0 Å². The molecule has 0 bridgehead atoms. The lowest BCUT2D eigenvalue weighted by atomic mass is 9.87. The number of ether oxygens (including phenoxy) is 2. The highest BCUT2D eigenvalue weighted by Crippen LogP contribution is 2.41. The molecule has 7 rings (SSSR count). The molecule has 0 spiro atoms. The second kappa shape index (κ2) is 15.6. The van der Waals surface area contributed by atoms with Crippen molar-refractivity contribution in [3.05, 3.63) is 130 Å². The number of benzene rings is 5. The summed E-state index contributed by atoms with van der Waals surface area (Å²) in [7, 11) is 0. The largest absolute Gasteiger partial charge is 0.506 e. The minimum atomic E-state index is 0.0310. The van der Waals surface area contributed by atoms with Crippen LogP contribution in [0.4, 0.5) is 11.4 Å². The number of phenols is 2. The Morgan fingerprint density at radius 2 is 0.904 bits per heavy atom. The first-order valence-electron chi connectivity index (χ1n) is 19.1. The van der Waals surface area contributed by atoms with Gasteiger partial charge in [-0.1, -0.05) is 75.9 Å². The molecule has 6 heteroatoms. The quantitative estimate of drug-likeness (QED) is 0.0763. The van der Waals surface area contributed by atoms with E-state index >= 15 is 0 Å². The van der Waals surface area contributed by atoms with Gasteiger partial charge in [0, 0.05) is 12.1 Å². The first-order valence-corrected chi connectivity index (χ1v) is 19.1. The van der Waals surface area contributed by atoms with Crippen LogP contribution in [-0.2, 0) is 12.8 Å². The highest BCUT2D eigenvalue weighted by molar-refractivity contribution is 5.56. The highest BCUT2D eigenvalue weighted by atomic mass is 16.5. The number of nitrogens with two attached hydrogens (primary N) is 2. The molecule has 52 heavy (non-hydrogen) atoms. The molecule has 6 nitrogen and oxygen atoms in total. The number of phenolic OH excluding ortho intramolecular Hbond substituents is 2. The fourth-order valence-electron chi connectivity index (χ4n) is 8.17. The molecule has 5 aromatic rings. The van der Waals surface area contributed by atoms with Crippen molar-refractivity contribution >= 4 is 11.4 Å². The second-order valence-corrected chi connectivity index (χ2v) is 15.3. The molecule has 0 aliphatic heterocycles. The molecule has 0 heterocycles. The van der Waals surface area contributed by atoms with Crippen molar-refractivity contribution in [3.8, 4) is 34.5 Å².